The summed E-state index contributed by atoms with van der Waals surface area (Å²) in [4.78, 5) is 25.4. The summed E-state index contributed by atoms with van der Waals surface area (Å²) in [7, 11) is 0. The molecule has 1 aliphatic rings. The third kappa shape index (κ3) is 4.67. The van der Waals surface area contributed by atoms with Crippen LogP contribution in [0.4, 0.5) is 0 Å². The van der Waals surface area contributed by atoms with Crippen molar-refractivity contribution < 1.29 is 84.0 Å². The molecule has 4 atom stereocenters. The maximum Gasteiger partial charge on any atom is 1.00 e. The van der Waals surface area contributed by atoms with Crippen molar-refractivity contribution in [2.75, 3.05) is 0 Å². The minimum atomic E-state index is -1.49. The normalized spacial score (nSPS) is 24.6. The first-order valence-electron chi connectivity index (χ1n) is 5.14. The zero-order valence-electron chi connectivity index (χ0n) is 11.5. The van der Waals surface area contributed by atoms with Gasteiger partial charge >= 0.3 is 59.1 Å². The van der Waals surface area contributed by atoms with Gasteiger partial charge in [-0.05, 0) is 12.5 Å². The number of carbonyl (C=O) groups is 2. The van der Waals surface area contributed by atoms with Gasteiger partial charge in [0.15, 0.2) is 0 Å². The molecule has 1 rings (SSSR count). The molecule has 0 unspecified atom stereocenters. The zero-order chi connectivity index (χ0) is 13.3. The largest absolute Gasteiger partial charge is 1.00 e. The summed E-state index contributed by atoms with van der Waals surface area (Å²) in [6, 6.07) is -0.889. The van der Waals surface area contributed by atoms with Crippen molar-refractivity contribution >= 4 is 17.7 Å². The van der Waals surface area contributed by atoms with E-state index in [4.69, 9.17) is 0 Å². The smallest absolute Gasteiger partial charge is 0.550 e. The quantitative estimate of drug-likeness (QED) is 0.515. The standard InChI is InChI=1S/C11H15NO5.2Na/c1-4-5(2)9(11(16)17)12-8(4)7(6(3)13)10(14)15;;/h4,6-8,13H,2H2,1,3H3,(H,14,15)(H,16,17);;/q;2*+1/p-2/t4-,6+,7+,8+;;/m0../s1. The molecule has 0 aromatic heterocycles. The topological polar surface area (TPSA) is 113 Å². The van der Waals surface area contributed by atoms with Gasteiger partial charge in [-0.25, -0.2) is 0 Å². The summed E-state index contributed by atoms with van der Waals surface area (Å²) in [6.45, 7) is 6.44. The third-order valence-electron chi connectivity index (χ3n) is 3.00. The van der Waals surface area contributed by atoms with Gasteiger partial charge < -0.3 is 24.9 Å². The Balaban J connectivity index is 0. The maximum atomic E-state index is 10.9. The Hall–Kier alpha value is 0.310. The monoisotopic (exact) mass is 285 g/mol. The summed E-state index contributed by atoms with van der Waals surface area (Å²) < 4.78 is 0. The van der Waals surface area contributed by atoms with Crippen LogP contribution < -0.4 is 69.3 Å². The third-order valence-corrected chi connectivity index (χ3v) is 3.00. The number of aliphatic hydroxyl groups excluding tert-OH is 1. The van der Waals surface area contributed by atoms with Crippen molar-refractivity contribution in [2.45, 2.75) is 26.0 Å². The van der Waals surface area contributed by atoms with Crippen LogP contribution in [0.3, 0.4) is 0 Å². The van der Waals surface area contributed by atoms with E-state index in [9.17, 15) is 24.9 Å². The number of rotatable bonds is 4. The number of aliphatic imine (C=N–C) groups is 1. The van der Waals surface area contributed by atoms with Crippen molar-refractivity contribution in [1.29, 1.82) is 0 Å². The molecule has 0 saturated carbocycles. The van der Waals surface area contributed by atoms with E-state index in [2.05, 4.69) is 11.6 Å². The Bertz CT molecular complexity index is 408. The minimum absolute atomic E-state index is 0. The number of hydrogen-bond acceptors (Lipinski definition) is 6. The fraction of sp³-hybridized carbons (Fsp3) is 0.545. The molecule has 0 spiro atoms. The first kappa shape index (κ1) is 21.6. The van der Waals surface area contributed by atoms with Crippen LogP contribution in [-0.4, -0.2) is 34.9 Å². The second kappa shape index (κ2) is 8.56. The van der Waals surface area contributed by atoms with Gasteiger partial charge in [0.05, 0.1) is 23.8 Å². The Morgan fingerprint density at radius 3 is 2.11 bits per heavy atom. The number of aliphatic carboxylic acids is 2. The molecule has 0 radical (unpaired) electrons. The van der Waals surface area contributed by atoms with Crippen LogP contribution in [-0.2, 0) is 9.59 Å². The van der Waals surface area contributed by atoms with E-state index in [-0.39, 0.29) is 70.4 Å². The van der Waals surface area contributed by atoms with Crippen LogP contribution in [0.1, 0.15) is 13.8 Å². The summed E-state index contributed by atoms with van der Waals surface area (Å²) in [5, 5.41) is 31.0. The summed E-state index contributed by atoms with van der Waals surface area (Å²) in [5.41, 5.74) is -0.128. The molecule has 0 aliphatic carbocycles. The van der Waals surface area contributed by atoms with Crippen LogP contribution in [0.25, 0.3) is 0 Å². The molecule has 0 fully saturated rings. The molecule has 0 bridgehead atoms. The van der Waals surface area contributed by atoms with E-state index in [1.54, 1.807) is 6.92 Å². The molecule has 19 heavy (non-hydrogen) atoms. The maximum absolute atomic E-state index is 10.9. The van der Waals surface area contributed by atoms with E-state index in [0.717, 1.165) is 0 Å². The molecular weight excluding hydrogens is 272 g/mol. The molecule has 6 nitrogen and oxygen atoms in total. The van der Waals surface area contributed by atoms with E-state index in [1.807, 2.05) is 0 Å². The van der Waals surface area contributed by atoms with Gasteiger partial charge in [0.1, 0.15) is 0 Å². The predicted molar refractivity (Wildman–Crippen MR) is 54.7 cm³/mol. The van der Waals surface area contributed by atoms with Gasteiger partial charge in [-0.2, -0.15) is 0 Å². The molecule has 0 aromatic rings. The van der Waals surface area contributed by atoms with E-state index < -0.39 is 35.9 Å². The molecule has 0 aromatic carbocycles. The fourth-order valence-corrected chi connectivity index (χ4v) is 1.96. The van der Waals surface area contributed by atoms with Gasteiger partial charge in [-0.3, -0.25) is 4.99 Å². The minimum Gasteiger partial charge on any atom is -0.550 e. The number of carbonyl (C=O) groups excluding carboxylic acids is 2. The molecule has 94 valence electrons. The van der Waals surface area contributed by atoms with Gasteiger partial charge in [0.25, 0.3) is 0 Å². The first-order chi connectivity index (χ1) is 7.77. The van der Waals surface area contributed by atoms with E-state index >= 15 is 0 Å². The number of carboxylic acid groups (broad SMARTS) is 2. The summed E-state index contributed by atoms with van der Waals surface area (Å²) in [6.07, 6.45) is -1.19. The molecular formula is C11H13NNa2O5. The average Bonchev–Trinajstić information content (AvgIpc) is 2.45. The number of nitrogens with zero attached hydrogens (tertiary/aromatic N) is 1. The molecule has 0 saturated heterocycles. The second-order valence-electron chi connectivity index (χ2n) is 4.16. The van der Waals surface area contributed by atoms with Gasteiger partial charge in [-0.15, -0.1) is 0 Å². The average molecular weight is 285 g/mol. The molecule has 8 heteroatoms. The summed E-state index contributed by atoms with van der Waals surface area (Å²) >= 11 is 0. The Kier molecular flexibility index (Phi) is 9.74. The number of aliphatic hydroxyl groups is 1. The van der Waals surface area contributed by atoms with Gasteiger partial charge in [0.2, 0.25) is 0 Å². The zero-order valence-corrected chi connectivity index (χ0v) is 15.5. The molecule has 0 amide bonds. The Morgan fingerprint density at radius 2 is 1.84 bits per heavy atom. The predicted octanol–water partition coefficient (Wildman–Crippen LogP) is -8.49. The van der Waals surface area contributed by atoms with Crippen LogP contribution >= 0.6 is 0 Å². The van der Waals surface area contributed by atoms with Crippen molar-refractivity contribution in [3.05, 3.63) is 12.2 Å². The van der Waals surface area contributed by atoms with Gasteiger partial charge in [0, 0.05) is 17.8 Å². The summed E-state index contributed by atoms with van der Waals surface area (Å²) in [5.74, 6) is -4.71. The Morgan fingerprint density at radius 1 is 1.37 bits per heavy atom. The molecule has 1 heterocycles. The number of carboxylic acids is 2. The van der Waals surface area contributed by atoms with E-state index in [0.29, 0.717) is 0 Å². The van der Waals surface area contributed by atoms with Crippen LogP contribution in [0, 0.1) is 11.8 Å². The van der Waals surface area contributed by atoms with Gasteiger partial charge in [-0.1, -0.05) is 13.5 Å². The van der Waals surface area contributed by atoms with Crippen LogP contribution in [0.5, 0.6) is 0 Å². The van der Waals surface area contributed by atoms with Crippen molar-refractivity contribution in [2.24, 2.45) is 16.8 Å². The van der Waals surface area contributed by atoms with Crippen molar-refractivity contribution in [3.8, 4) is 0 Å². The van der Waals surface area contributed by atoms with Crippen molar-refractivity contribution in [1.82, 2.24) is 0 Å². The SMILES string of the molecule is C=C1C(C(=O)[O-])=N[C@@H]([C@H](C(=O)[O-])[C@@H](C)O)[C@H]1C.[Na+].[Na+]. The first-order valence-corrected chi connectivity index (χ1v) is 5.14. The molecule has 1 N–H and O–H groups in total. The molecule has 1 aliphatic heterocycles. The van der Waals surface area contributed by atoms with Crippen molar-refractivity contribution in [3.63, 3.8) is 0 Å². The van der Waals surface area contributed by atoms with Crippen LogP contribution in [0.2, 0.25) is 0 Å². The van der Waals surface area contributed by atoms with E-state index in [1.165, 1.54) is 6.92 Å². The Labute approximate surface area is 155 Å². The second-order valence-corrected chi connectivity index (χ2v) is 4.16. The van der Waals surface area contributed by atoms with Crippen LogP contribution in [0.15, 0.2) is 17.1 Å². The number of hydrogen-bond donors (Lipinski definition) is 1. The fourth-order valence-electron chi connectivity index (χ4n) is 1.96.